The third-order valence-electron chi connectivity index (χ3n) is 4.72. The van der Waals surface area contributed by atoms with Crippen molar-refractivity contribution >= 4 is 27.7 Å². The molecule has 0 radical (unpaired) electrons. The van der Waals surface area contributed by atoms with Crippen molar-refractivity contribution in [3.8, 4) is 0 Å². The van der Waals surface area contributed by atoms with Crippen molar-refractivity contribution in [1.29, 1.82) is 0 Å². The van der Waals surface area contributed by atoms with Gasteiger partial charge in [-0.05, 0) is 45.3 Å². The van der Waals surface area contributed by atoms with E-state index in [0.717, 1.165) is 31.0 Å². The molecule has 0 bridgehead atoms. The maximum absolute atomic E-state index is 12.1. The van der Waals surface area contributed by atoms with Crippen LogP contribution in [0.1, 0.15) is 16.7 Å². The molecule has 0 heterocycles. The summed E-state index contributed by atoms with van der Waals surface area (Å²) in [7, 11) is 0. The van der Waals surface area contributed by atoms with Gasteiger partial charge in [-0.15, -0.1) is 0 Å². The second kappa shape index (κ2) is 8.36. The fourth-order valence-electron chi connectivity index (χ4n) is 3.34. The van der Waals surface area contributed by atoms with Crippen LogP contribution in [0.15, 0.2) is 123 Å². The smallest absolute Gasteiger partial charge is 0.141 e. The van der Waals surface area contributed by atoms with Gasteiger partial charge in [0.2, 0.25) is 0 Å². The molecule has 0 aliphatic rings. The summed E-state index contributed by atoms with van der Waals surface area (Å²) in [5.74, 6) is 0. The third kappa shape index (κ3) is 3.66. The Kier molecular flexibility index (Phi) is 5.67. The molecule has 28 heavy (non-hydrogen) atoms. The third-order valence-corrected chi connectivity index (χ3v) is 6.82. The van der Waals surface area contributed by atoms with Crippen molar-refractivity contribution in [2.45, 2.75) is 15.4 Å². The molecule has 0 aliphatic heterocycles. The van der Waals surface area contributed by atoms with Crippen LogP contribution in [-0.4, -0.2) is 5.11 Å². The fourth-order valence-corrected chi connectivity index (χ4v) is 4.89. The van der Waals surface area contributed by atoms with Crippen LogP contribution in [-0.2, 0) is 5.60 Å². The zero-order valence-electron chi connectivity index (χ0n) is 15.1. The first-order valence-corrected chi connectivity index (χ1v) is 10.7. The average molecular weight is 447 g/mol. The van der Waals surface area contributed by atoms with Crippen LogP contribution in [0.5, 0.6) is 0 Å². The van der Waals surface area contributed by atoms with Crippen molar-refractivity contribution in [1.82, 2.24) is 0 Å². The molecule has 4 aromatic rings. The number of halogens is 1. The number of aliphatic hydroxyl groups is 1. The molecule has 3 heteroatoms. The lowest BCUT2D eigenvalue weighted by Crippen LogP contribution is -2.29. The lowest BCUT2D eigenvalue weighted by Gasteiger charge is -2.32. The van der Waals surface area contributed by atoms with Gasteiger partial charge in [-0.25, -0.2) is 0 Å². The van der Waals surface area contributed by atoms with Gasteiger partial charge in [0.05, 0.1) is 0 Å². The molecule has 0 aliphatic carbocycles. The zero-order chi connectivity index (χ0) is 19.4. The second-order valence-corrected chi connectivity index (χ2v) is 8.41. The van der Waals surface area contributed by atoms with Crippen LogP contribution in [0.4, 0.5) is 0 Å². The average Bonchev–Trinajstić information content (AvgIpc) is 2.76. The molecule has 1 N–H and O–H groups in total. The number of hydrogen-bond donors (Lipinski definition) is 1. The molecule has 1 nitrogen and oxygen atoms in total. The van der Waals surface area contributed by atoms with E-state index in [1.807, 2.05) is 97.1 Å². The highest BCUT2D eigenvalue weighted by atomic mass is 79.9. The van der Waals surface area contributed by atoms with E-state index in [4.69, 9.17) is 0 Å². The molecule has 138 valence electrons. The van der Waals surface area contributed by atoms with Gasteiger partial charge in [0.15, 0.2) is 0 Å². The summed E-state index contributed by atoms with van der Waals surface area (Å²) < 4.78 is 1.04. The number of benzene rings is 4. The van der Waals surface area contributed by atoms with Crippen LogP contribution in [0, 0.1) is 0 Å². The Labute approximate surface area is 178 Å². The number of rotatable bonds is 5. The maximum atomic E-state index is 12.1. The fraction of sp³-hybridized carbons (Fsp3) is 0.0400. The SMILES string of the molecule is OC(c1ccccc1)(c1ccccc1)c1ccccc1Sc1ccccc1Br. The summed E-state index contributed by atoms with van der Waals surface area (Å²) in [5, 5.41) is 12.1. The highest BCUT2D eigenvalue weighted by Crippen LogP contribution is 2.44. The quantitative estimate of drug-likeness (QED) is 0.337. The van der Waals surface area contributed by atoms with Gasteiger partial charge >= 0.3 is 0 Å². The molecule has 0 fully saturated rings. The topological polar surface area (TPSA) is 20.2 Å². The van der Waals surface area contributed by atoms with E-state index >= 15 is 0 Å². The maximum Gasteiger partial charge on any atom is 0.141 e. The first-order chi connectivity index (χ1) is 13.7. The van der Waals surface area contributed by atoms with Gasteiger partial charge < -0.3 is 5.11 Å². The van der Waals surface area contributed by atoms with E-state index in [9.17, 15) is 5.11 Å². The molecule has 0 atom stereocenters. The van der Waals surface area contributed by atoms with Crippen LogP contribution in [0.25, 0.3) is 0 Å². The van der Waals surface area contributed by atoms with Crippen molar-refractivity contribution in [3.63, 3.8) is 0 Å². The molecule has 4 aromatic carbocycles. The Bertz CT molecular complexity index is 1020. The van der Waals surface area contributed by atoms with Gasteiger partial charge in [0.1, 0.15) is 5.60 Å². The van der Waals surface area contributed by atoms with E-state index in [2.05, 4.69) is 28.1 Å². The molecule has 0 amide bonds. The molecule has 4 rings (SSSR count). The minimum absolute atomic E-state index is 0.848. The molecule has 0 aromatic heterocycles. The van der Waals surface area contributed by atoms with Crippen molar-refractivity contribution in [3.05, 3.63) is 130 Å². The van der Waals surface area contributed by atoms with E-state index in [-0.39, 0.29) is 0 Å². The van der Waals surface area contributed by atoms with E-state index in [0.29, 0.717) is 0 Å². The second-order valence-electron chi connectivity index (χ2n) is 6.47. The van der Waals surface area contributed by atoms with Crippen molar-refractivity contribution in [2.75, 3.05) is 0 Å². The Morgan fingerprint density at radius 2 is 1.04 bits per heavy atom. The van der Waals surface area contributed by atoms with E-state index < -0.39 is 5.60 Å². The summed E-state index contributed by atoms with van der Waals surface area (Å²) in [6.07, 6.45) is 0. The lowest BCUT2D eigenvalue weighted by atomic mass is 9.80. The molecule has 0 saturated carbocycles. The van der Waals surface area contributed by atoms with Gasteiger partial charge in [0, 0.05) is 19.8 Å². The molecule has 0 spiro atoms. The Morgan fingerprint density at radius 1 is 0.571 bits per heavy atom. The Morgan fingerprint density at radius 3 is 1.61 bits per heavy atom. The van der Waals surface area contributed by atoms with Crippen molar-refractivity contribution in [2.24, 2.45) is 0 Å². The first kappa shape index (κ1) is 19.0. The predicted octanol–water partition coefficient (Wildman–Crippen LogP) is 6.88. The summed E-state index contributed by atoms with van der Waals surface area (Å²) in [5.41, 5.74) is 1.32. The summed E-state index contributed by atoms with van der Waals surface area (Å²) in [6, 6.07) is 35.9. The highest BCUT2D eigenvalue weighted by molar-refractivity contribution is 9.10. The van der Waals surface area contributed by atoms with Crippen molar-refractivity contribution < 1.29 is 5.11 Å². The predicted molar refractivity (Wildman–Crippen MR) is 120 cm³/mol. The van der Waals surface area contributed by atoms with E-state index in [1.54, 1.807) is 11.8 Å². The van der Waals surface area contributed by atoms with Gasteiger partial charge in [0.25, 0.3) is 0 Å². The highest BCUT2D eigenvalue weighted by Gasteiger charge is 2.35. The zero-order valence-corrected chi connectivity index (χ0v) is 17.5. The molecular formula is C25H19BrOS. The van der Waals surface area contributed by atoms with Crippen LogP contribution in [0.3, 0.4) is 0 Å². The van der Waals surface area contributed by atoms with Crippen LogP contribution < -0.4 is 0 Å². The largest absolute Gasteiger partial charge is 0.376 e. The van der Waals surface area contributed by atoms with Gasteiger partial charge in [-0.1, -0.05) is 103 Å². The van der Waals surface area contributed by atoms with Crippen LogP contribution in [0.2, 0.25) is 0 Å². The lowest BCUT2D eigenvalue weighted by molar-refractivity contribution is 0.123. The molecule has 0 unspecified atom stereocenters. The first-order valence-electron chi connectivity index (χ1n) is 9.05. The summed E-state index contributed by atoms with van der Waals surface area (Å²) in [4.78, 5) is 2.13. The summed E-state index contributed by atoms with van der Waals surface area (Å²) >= 11 is 5.29. The Balaban J connectivity index is 1.90. The minimum Gasteiger partial charge on any atom is -0.376 e. The van der Waals surface area contributed by atoms with E-state index in [1.165, 1.54) is 0 Å². The van der Waals surface area contributed by atoms with Crippen LogP contribution >= 0.6 is 27.7 Å². The normalized spacial score (nSPS) is 11.4. The Hall–Kier alpha value is -2.33. The minimum atomic E-state index is -1.24. The molecule has 0 saturated heterocycles. The van der Waals surface area contributed by atoms with Gasteiger partial charge in [-0.2, -0.15) is 0 Å². The standard InChI is InChI=1S/C25H19BrOS/c26-22-16-8-10-18-24(22)28-23-17-9-7-15-21(23)25(27,19-11-3-1-4-12-19)20-13-5-2-6-14-20/h1-18,27H. The summed E-state index contributed by atoms with van der Waals surface area (Å²) in [6.45, 7) is 0. The van der Waals surface area contributed by atoms with Gasteiger partial charge in [-0.3, -0.25) is 0 Å². The molecular weight excluding hydrogens is 428 g/mol. The number of hydrogen-bond acceptors (Lipinski definition) is 2. The monoisotopic (exact) mass is 446 g/mol.